The van der Waals surface area contributed by atoms with Gasteiger partial charge in [0.2, 0.25) is 5.91 Å². The van der Waals surface area contributed by atoms with E-state index < -0.39 is 0 Å². The molecule has 7 heteroatoms. The molecule has 92 valence electrons. The molecule has 1 amide bonds. The van der Waals surface area contributed by atoms with Gasteiger partial charge in [-0.3, -0.25) is 9.48 Å². The molecule has 0 unspecified atom stereocenters. The number of nitrogens with zero attached hydrogens (tertiary/aromatic N) is 3. The van der Waals surface area contributed by atoms with Gasteiger partial charge in [-0.15, -0.1) is 17.5 Å². The Hall–Kier alpha value is -1.14. The molecule has 0 radical (unpaired) electrons. The normalized spacial score (nSPS) is 10.7. The fraction of sp³-hybridized carbons (Fsp3) is 0.667. The Labute approximate surface area is 101 Å². The van der Waals surface area contributed by atoms with Gasteiger partial charge in [-0.25, -0.2) is 0 Å². The average molecular weight is 248 g/mol. The number of nitrogens with two attached hydrogens (primary N) is 1. The van der Waals surface area contributed by atoms with Gasteiger partial charge in [-0.2, -0.15) is 0 Å². The number of amides is 1. The summed E-state index contributed by atoms with van der Waals surface area (Å²) in [6.07, 6.45) is 3.69. The number of rotatable bonds is 5. The summed E-state index contributed by atoms with van der Waals surface area (Å²) in [5.41, 5.74) is 5.16. The molecule has 1 heterocycles. The van der Waals surface area contributed by atoms with Crippen molar-refractivity contribution in [2.24, 2.45) is 5.73 Å². The van der Waals surface area contributed by atoms with E-state index >= 15 is 0 Å². The van der Waals surface area contributed by atoms with E-state index in [1.54, 1.807) is 17.1 Å². The fourth-order valence-corrected chi connectivity index (χ4v) is 1.06. The van der Waals surface area contributed by atoms with Crippen LogP contribution in [0.25, 0.3) is 0 Å². The zero-order valence-electron chi connectivity index (χ0n) is 9.51. The summed E-state index contributed by atoms with van der Waals surface area (Å²) in [7, 11) is 0. The number of hydrogen-bond donors (Lipinski definition) is 2. The summed E-state index contributed by atoms with van der Waals surface area (Å²) >= 11 is 0. The maximum Gasteiger partial charge on any atom is 0.222 e. The van der Waals surface area contributed by atoms with Crippen LogP contribution in [0, 0.1) is 0 Å². The molecule has 0 atom stereocenters. The van der Waals surface area contributed by atoms with Gasteiger partial charge < -0.3 is 11.1 Å². The Morgan fingerprint density at radius 1 is 1.56 bits per heavy atom. The summed E-state index contributed by atoms with van der Waals surface area (Å²) in [6, 6.07) is 0. The molecular weight excluding hydrogens is 230 g/mol. The molecule has 0 spiro atoms. The molecule has 0 saturated carbocycles. The number of carbonyl (C=O) groups is 1. The van der Waals surface area contributed by atoms with Crippen molar-refractivity contribution < 1.29 is 4.79 Å². The van der Waals surface area contributed by atoms with Crippen LogP contribution >= 0.6 is 12.4 Å². The molecule has 1 rings (SSSR count). The third-order valence-electron chi connectivity index (χ3n) is 2.03. The average Bonchev–Trinajstić information content (AvgIpc) is 2.66. The SMILES string of the molecule is CC(C)(CN)NC(=O)CCn1ccnn1.Cl. The Bertz CT molecular complexity index is 312. The smallest absolute Gasteiger partial charge is 0.222 e. The minimum absolute atomic E-state index is 0. The van der Waals surface area contributed by atoms with E-state index in [0.29, 0.717) is 19.5 Å². The molecule has 0 aliphatic carbocycles. The van der Waals surface area contributed by atoms with Crippen LogP contribution in [0.4, 0.5) is 0 Å². The second-order valence-electron chi connectivity index (χ2n) is 4.05. The highest BCUT2D eigenvalue weighted by atomic mass is 35.5. The summed E-state index contributed by atoms with van der Waals surface area (Å²) in [4.78, 5) is 11.5. The maximum atomic E-state index is 11.5. The maximum absolute atomic E-state index is 11.5. The molecule has 0 bridgehead atoms. The molecule has 0 aromatic carbocycles. The van der Waals surface area contributed by atoms with E-state index in [9.17, 15) is 4.79 Å². The second-order valence-corrected chi connectivity index (χ2v) is 4.05. The minimum Gasteiger partial charge on any atom is -0.350 e. The number of carbonyl (C=O) groups excluding carboxylic acids is 1. The molecule has 1 aromatic heterocycles. The molecule has 6 nitrogen and oxygen atoms in total. The molecular formula is C9H18ClN5O. The van der Waals surface area contributed by atoms with E-state index in [1.165, 1.54) is 0 Å². The first kappa shape index (κ1) is 14.9. The Balaban J connectivity index is 0.00000225. The van der Waals surface area contributed by atoms with E-state index in [4.69, 9.17) is 5.73 Å². The highest BCUT2D eigenvalue weighted by molar-refractivity contribution is 5.85. The standard InChI is InChI=1S/C9H17N5O.ClH/c1-9(2,7-10)12-8(15)3-5-14-6-4-11-13-14;/h4,6H,3,5,7,10H2,1-2H3,(H,12,15);1H. The second kappa shape index (κ2) is 6.44. The lowest BCUT2D eigenvalue weighted by molar-refractivity contribution is -0.122. The van der Waals surface area contributed by atoms with Crippen molar-refractivity contribution in [3.05, 3.63) is 12.4 Å². The van der Waals surface area contributed by atoms with Crippen molar-refractivity contribution in [2.45, 2.75) is 32.4 Å². The molecule has 3 N–H and O–H groups in total. The van der Waals surface area contributed by atoms with Crippen LogP contribution in [0.2, 0.25) is 0 Å². The van der Waals surface area contributed by atoms with Crippen LogP contribution in [0.3, 0.4) is 0 Å². The fourth-order valence-electron chi connectivity index (χ4n) is 1.06. The van der Waals surface area contributed by atoms with Crippen molar-refractivity contribution in [3.63, 3.8) is 0 Å². The number of hydrogen-bond acceptors (Lipinski definition) is 4. The first-order valence-electron chi connectivity index (χ1n) is 4.89. The van der Waals surface area contributed by atoms with Gasteiger partial charge in [0.25, 0.3) is 0 Å². The summed E-state index contributed by atoms with van der Waals surface area (Å²) < 4.78 is 1.62. The van der Waals surface area contributed by atoms with Gasteiger partial charge in [-0.1, -0.05) is 5.21 Å². The van der Waals surface area contributed by atoms with E-state index in [1.807, 2.05) is 13.8 Å². The first-order valence-corrected chi connectivity index (χ1v) is 4.89. The van der Waals surface area contributed by atoms with Crippen LogP contribution in [0.5, 0.6) is 0 Å². The topological polar surface area (TPSA) is 85.8 Å². The molecule has 0 fully saturated rings. The van der Waals surface area contributed by atoms with Crippen molar-refractivity contribution in [1.29, 1.82) is 0 Å². The predicted molar refractivity (Wildman–Crippen MR) is 63.2 cm³/mol. The number of aryl methyl sites for hydroxylation is 1. The highest BCUT2D eigenvalue weighted by Crippen LogP contribution is 1.99. The first-order chi connectivity index (χ1) is 7.03. The Morgan fingerprint density at radius 3 is 2.75 bits per heavy atom. The quantitative estimate of drug-likeness (QED) is 0.764. The van der Waals surface area contributed by atoms with E-state index in [-0.39, 0.29) is 23.9 Å². The monoisotopic (exact) mass is 247 g/mol. The number of nitrogens with one attached hydrogen (secondary N) is 1. The molecule has 0 aliphatic rings. The van der Waals surface area contributed by atoms with Crippen LogP contribution < -0.4 is 11.1 Å². The lowest BCUT2D eigenvalue weighted by Crippen LogP contribution is -2.49. The zero-order valence-corrected chi connectivity index (χ0v) is 10.3. The van der Waals surface area contributed by atoms with Gasteiger partial charge >= 0.3 is 0 Å². The van der Waals surface area contributed by atoms with Gasteiger partial charge in [-0.05, 0) is 13.8 Å². The van der Waals surface area contributed by atoms with Crippen LogP contribution in [0.15, 0.2) is 12.4 Å². The largest absolute Gasteiger partial charge is 0.350 e. The van der Waals surface area contributed by atoms with Crippen molar-refractivity contribution in [2.75, 3.05) is 6.54 Å². The zero-order chi connectivity index (χ0) is 11.3. The third kappa shape index (κ3) is 5.09. The predicted octanol–water partition coefficient (Wildman–Crippen LogP) is -0.0565. The van der Waals surface area contributed by atoms with Crippen LogP contribution in [-0.2, 0) is 11.3 Å². The molecule has 16 heavy (non-hydrogen) atoms. The van der Waals surface area contributed by atoms with Crippen molar-refractivity contribution >= 4 is 18.3 Å². The Morgan fingerprint density at radius 2 is 2.25 bits per heavy atom. The van der Waals surface area contributed by atoms with E-state index in [2.05, 4.69) is 15.6 Å². The van der Waals surface area contributed by atoms with Gasteiger partial charge in [0.1, 0.15) is 0 Å². The van der Waals surface area contributed by atoms with Gasteiger partial charge in [0.05, 0.1) is 12.7 Å². The third-order valence-corrected chi connectivity index (χ3v) is 2.03. The molecule has 0 saturated heterocycles. The van der Waals surface area contributed by atoms with Crippen LogP contribution in [-0.4, -0.2) is 33.0 Å². The van der Waals surface area contributed by atoms with Crippen LogP contribution in [0.1, 0.15) is 20.3 Å². The van der Waals surface area contributed by atoms with Gasteiger partial charge in [0, 0.05) is 24.7 Å². The van der Waals surface area contributed by atoms with Gasteiger partial charge in [0.15, 0.2) is 0 Å². The number of aromatic nitrogens is 3. The molecule has 1 aromatic rings. The Kier molecular flexibility index (Phi) is 5.98. The van der Waals surface area contributed by atoms with Crippen molar-refractivity contribution in [3.8, 4) is 0 Å². The lowest BCUT2D eigenvalue weighted by Gasteiger charge is -2.24. The van der Waals surface area contributed by atoms with Crippen molar-refractivity contribution in [1.82, 2.24) is 20.3 Å². The summed E-state index contributed by atoms with van der Waals surface area (Å²) in [5.74, 6) is -0.0269. The number of halogens is 1. The molecule has 0 aliphatic heterocycles. The summed E-state index contributed by atoms with van der Waals surface area (Å²) in [5, 5.41) is 10.3. The minimum atomic E-state index is -0.348. The summed E-state index contributed by atoms with van der Waals surface area (Å²) in [6.45, 7) is 4.73. The van der Waals surface area contributed by atoms with E-state index in [0.717, 1.165) is 0 Å². The lowest BCUT2D eigenvalue weighted by atomic mass is 10.1. The highest BCUT2D eigenvalue weighted by Gasteiger charge is 2.17.